The van der Waals surface area contributed by atoms with Crippen molar-refractivity contribution in [3.8, 4) is 11.5 Å². The molecule has 1 unspecified atom stereocenters. The summed E-state index contributed by atoms with van der Waals surface area (Å²) >= 11 is 0. The van der Waals surface area contributed by atoms with Gasteiger partial charge in [-0.15, -0.1) is 0 Å². The first-order valence-electron chi connectivity index (χ1n) is 6.92. The molecular weight excluding hydrogens is 254 g/mol. The third kappa shape index (κ3) is 2.33. The van der Waals surface area contributed by atoms with Crippen LogP contribution in [0.25, 0.3) is 11.0 Å². The SMILES string of the molecule is CCC(N)c1nc2cc(OC)c(OC)cc2n1C(C)C. The highest BCUT2D eigenvalue weighted by atomic mass is 16.5. The van der Waals surface area contributed by atoms with Gasteiger partial charge in [-0.3, -0.25) is 0 Å². The second-order valence-corrected chi connectivity index (χ2v) is 5.14. The van der Waals surface area contributed by atoms with Crippen LogP contribution in [0.15, 0.2) is 12.1 Å². The van der Waals surface area contributed by atoms with Gasteiger partial charge in [0.2, 0.25) is 0 Å². The van der Waals surface area contributed by atoms with Crippen LogP contribution in [0.4, 0.5) is 0 Å². The first kappa shape index (κ1) is 14.7. The fraction of sp³-hybridized carbons (Fsp3) is 0.533. The molecule has 0 radical (unpaired) electrons. The minimum Gasteiger partial charge on any atom is -0.493 e. The Morgan fingerprint density at radius 1 is 1.20 bits per heavy atom. The zero-order valence-electron chi connectivity index (χ0n) is 12.8. The molecule has 2 aromatic rings. The number of nitrogens with zero attached hydrogens (tertiary/aromatic N) is 2. The van der Waals surface area contributed by atoms with Crippen LogP contribution in [-0.2, 0) is 0 Å². The standard InChI is InChI=1S/C15H23N3O2/c1-6-10(16)15-17-11-7-13(19-4)14(20-5)8-12(11)18(15)9(2)3/h7-10H,6,16H2,1-5H3. The van der Waals surface area contributed by atoms with E-state index < -0.39 is 0 Å². The predicted octanol–water partition coefficient (Wildman–Crippen LogP) is 3.04. The van der Waals surface area contributed by atoms with Crippen molar-refractivity contribution in [2.24, 2.45) is 5.73 Å². The van der Waals surface area contributed by atoms with Gasteiger partial charge < -0.3 is 19.8 Å². The van der Waals surface area contributed by atoms with Crippen molar-refractivity contribution in [2.45, 2.75) is 39.3 Å². The molecule has 0 bridgehead atoms. The van der Waals surface area contributed by atoms with Gasteiger partial charge in [0.25, 0.3) is 0 Å². The quantitative estimate of drug-likeness (QED) is 0.912. The van der Waals surface area contributed by atoms with Crippen LogP contribution < -0.4 is 15.2 Å². The van der Waals surface area contributed by atoms with Crippen LogP contribution in [0.3, 0.4) is 0 Å². The van der Waals surface area contributed by atoms with Gasteiger partial charge in [-0.2, -0.15) is 0 Å². The smallest absolute Gasteiger partial charge is 0.163 e. The number of imidazole rings is 1. The lowest BCUT2D eigenvalue weighted by Gasteiger charge is -2.17. The first-order valence-corrected chi connectivity index (χ1v) is 6.92. The minimum absolute atomic E-state index is 0.0678. The maximum absolute atomic E-state index is 6.19. The van der Waals surface area contributed by atoms with Crippen LogP contribution >= 0.6 is 0 Å². The molecule has 2 rings (SSSR count). The first-order chi connectivity index (χ1) is 9.53. The minimum atomic E-state index is -0.0678. The summed E-state index contributed by atoms with van der Waals surface area (Å²) in [5, 5.41) is 0. The van der Waals surface area contributed by atoms with E-state index in [1.54, 1.807) is 14.2 Å². The summed E-state index contributed by atoms with van der Waals surface area (Å²) in [4.78, 5) is 4.69. The van der Waals surface area contributed by atoms with E-state index in [-0.39, 0.29) is 12.1 Å². The summed E-state index contributed by atoms with van der Waals surface area (Å²) < 4.78 is 12.9. The summed E-state index contributed by atoms with van der Waals surface area (Å²) in [6, 6.07) is 4.08. The van der Waals surface area contributed by atoms with E-state index in [4.69, 9.17) is 20.2 Å². The highest BCUT2D eigenvalue weighted by Crippen LogP contribution is 2.34. The molecule has 0 amide bonds. The number of ether oxygens (including phenoxy) is 2. The van der Waals surface area contributed by atoms with Crippen molar-refractivity contribution in [3.63, 3.8) is 0 Å². The number of aromatic nitrogens is 2. The normalized spacial score (nSPS) is 12.9. The zero-order valence-corrected chi connectivity index (χ0v) is 12.8. The van der Waals surface area contributed by atoms with E-state index in [1.807, 2.05) is 12.1 Å². The monoisotopic (exact) mass is 277 g/mol. The molecular formula is C15H23N3O2. The van der Waals surface area contributed by atoms with Crippen LogP contribution in [0, 0.1) is 0 Å². The van der Waals surface area contributed by atoms with Gasteiger partial charge in [0.05, 0.1) is 31.3 Å². The molecule has 0 fully saturated rings. The van der Waals surface area contributed by atoms with E-state index >= 15 is 0 Å². The average molecular weight is 277 g/mol. The molecule has 5 nitrogen and oxygen atoms in total. The van der Waals surface area contributed by atoms with Crippen LogP contribution in [0.1, 0.15) is 45.1 Å². The predicted molar refractivity (Wildman–Crippen MR) is 80.4 cm³/mol. The fourth-order valence-corrected chi connectivity index (χ4v) is 2.43. The Morgan fingerprint density at radius 3 is 2.30 bits per heavy atom. The molecule has 0 saturated heterocycles. The topological polar surface area (TPSA) is 62.3 Å². The Bertz CT molecular complexity index is 605. The van der Waals surface area contributed by atoms with Crippen molar-refractivity contribution < 1.29 is 9.47 Å². The Morgan fingerprint density at radius 2 is 1.80 bits per heavy atom. The van der Waals surface area contributed by atoms with Crippen molar-refractivity contribution in [1.82, 2.24) is 9.55 Å². The second-order valence-electron chi connectivity index (χ2n) is 5.14. The molecule has 0 aliphatic heterocycles. The lowest BCUT2D eigenvalue weighted by Crippen LogP contribution is -2.17. The van der Waals surface area contributed by atoms with Crippen molar-refractivity contribution in [2.75, 3.05) is 14.2 Å². The molecule has 1 aromatic carbocycles. The lowest BCUT2D eigenvalue weighted by atomic mass is 10.2. The Balaban J connectivity index is 2.74. The molecule has 5 heteroatoms. The third-order valence-corrected chi connectivity index (χ3v) is 3.51. The number of hydrogen-bond donors (Lipinski definition) is 1. The molecule has 1 heterocycles. The van der Waals surface area contributed by atoms with Crippen molar-refractivity contribution in [1.29, 1.82) is 0 Å². The molecule has 1 atom stereocenters. The average Bonchev–Trinajstić information content (AvgIpc) is 2.82. The number of methoxy groups -OCH3 is 2. The zero-order chi connectivity index (χ0) is 14.9. The van der Waals surface area contributed by atoms with Crippen LogP contribution in [0.2, 0.25) is 0 Å². The molecule has 110 valence electrons. The Kier molecular flexibility index (Phi) is 4.18. The van der Waals surface area contributed by atoms with Gasteiger partial charge in [0, 0.05) is 18.2 Å². The molecule has 0 aliphatic rings. The van der Waals surface area contributed by atoms with Crippen molar-refractivity contribution >= 4 is 11.0 Å². The highest BCUT2D eigenvalue weighted by molar-refractivity contribution is 5.81. The van der Waals surface area contributed by atoms with Gasteiger partial charge in [-0.1, -0.05) is 6.92 Å². The molecule has 0 spiro atoms. The largest absolute Gasteiger partial charge is 0.493 e. The third-order valence-electron chi connectivity index (χ3n) is 3.51. The van der Waals surface area contributed by atoms with E-state index in [0.717, 1.165) is 23.3 Å². The van der Waals surface area contributed by atoms with Crippen LogP contribution in [0.5, 0.6) is 11.5 Å². The molecule has 0 saturated carbocycles. The van der Waals surface area contributed by atoms with Gasteiger partial charge in [0.15, 0.2) is 11.5 Å². The second kappa shape index (κ2) is 5.71. The molecule has 1 aromatic heterocycles. The highest BCUT2D eigenvalue weighted by Gasteiger charge is 2.19. The summed E-state index contributed by atoms with van der Waals surface area (Å²) in [5.41, 5.74) is 8.10. The number of benzene rings is 1. The van der Waals surface area contributed by atoms with Gasteiger partial charge >= 0.3 is 0 Å². The van der Waals surface area contributed by atoms with Gasteiger partial charge in [-0.25, -0.2) is 4.98 Å². The van der Waals surface area contributed by atoms with E-state index in [0.29, 0.717) is 11.5 Å². The molecule has 20 heavy (non-hydrogen) atoms. The molecule has 0 aliphatic carbocycles. The van der Waals surface area contributed by atoms with E-state index in [9.17, 15) is 0 Å². The van der Waals surface area contributed by atoms with E-state index in [2.05, 4.69) is 25.3 Å². The summed E-state index contributed by atoms with van der Waals surface area (Å²) in [5.74, 6) is 2.30. The van der Waals surface area contributed by atoms with Crippen LogP contribution in [-0.4, -0.2) is 23.8 Å². The number of rotatable bonds is 5. The number of hydrogen-bond acceptors (Lipinski definition) is 4. The van der Waals surface area contributed by atoms with E-state index in [1.165, 1.54) is 0 Å². The summed E-state index contributed by atoms with van der Waals surface area (Å²) in [6.07, 6.45) is 0.851. The van der Waals surface area contributed by atoms with Gasteiger partial charge in [-0.05, 0) is 20.3 Å². The van der Waals surface area contributed by atoms with Gasteiger partial charge in [0.1, 0.15) is 5.82 Å². The molecule has 2 N–H and O–H groups in total. The van der Waals surface area contributed by atoms with Crippen molar-refractivity contribution in [3.05, 3.63) is 18.0 Å². The fourth-order valence-electron chi connectivity index (χ4n) is 2.43. The summed E-state index contributed by atoms with van der Waals surface area (Å²) in [6.45, 7) is 6.32. The lowest BCUT2D eigenvalue weighted by molar-refractivity contribution is 0.355. The number of nitrogens with two attached hydrogens (primary N) is 1. The Hall–Kier alpha value is -1.75. The maximum Gasteiger partial charge on any atom is 0.163 e. The number of fused-ring (bicyclic) bond motifs is 1. The Labute approximate surface area is 119 Å². The maximum atomic E-state index is 6.19. The summed E-state index contributed by atoms with van der Waals surface area (Å²) in [7, 11) is 3.26.